The number of sulfone groups is 1. The molecule has 1 aromatic heterocycles. The molecule has 1 fully saturated rings. The first kappa shape index (κ1) is 14.1. The van der Waals surface area contributed by atoms with E-state index in [9.17, 15) is 13.2 Å². The lowest BCUT2D eigenvalue weighted by Gasteiger charge is -2.09. The minimum absolute atomic E-state index is 0.0871. The zero-order valence-corrected chi connectivity index (χ0v) is 13.0. The monoisotopic (exact) mass is 313 g/mol. The Labute approximate surface area is 123 Å². The number of amides is 1. The number of carbonyl (C=O) groups is 1. The number of thiophene rings is 1. The maximum Gasteiger partial charge on any atom is 0.261 e. The molecule has 1 aliphatic heterocycles. The lowest BCUT2D eigenvalue weighted by Crippen LogP contribution is -2.35. The van der Waals surface area contributed by atoms with Gasteiger partial charge in [-0.25, -0.2) is 8.42 Å². The van der Waals surface area contributed by atoms with Crippen LogP contribution in [-0.4, -0.2) is 31.9 Å². The summed E-state index contributed by atoms with van der Waals surface area (Å²) < 4.78 is 22.8. The molecule has 1 N–H and O–H groups in total. The van der Waals surface area contributed by atoms with E-state index >= 15 is 0 Å². The Bertz CT molecular complexity index is 595. The van der Waals surface area contributed by atoms with Crippen LogP contribution in [-0.2, 0) is 22.7 Å². The largest absolute Gasteiger partial charge is 0.348 e. The van der Waals surface area contributed by atoms with Crippen molar-refractivity contribution in [3.05, 3.63) is 21.4 Å². The fourth-order valence-corrected chi connectivity index (χ4v) is 5.77. The average molecular weight is 313 g/mol. The minimum atomic E-state index is -2.94. The van der Waals surface area contributed by atoms with Gasteiger partial charge in [0.05, 0.1) is 16.4 Å². The van der Waals surface area contributed by atoms with Gasteiger partial charge in [0.25, 0.3) is 5.91 Å². The number of hydrogen-bond donors (Lipinski definition) is 1. The van der Waals surface area contributed by atoms with Gasteiger partial charge in [-0.15, -0.1) is 11.3 Å². The molecular formula is C14H19NO3S2. The highest BCUT2D eigenvalue weighted by molar-refractivity contribution is 7.91. The van der Waals surface area contributed by atoms with Gasteiger partial charge in [-0.2, -0.15) is 0 Å². The zero-order chi connectivity index (χ0) is 14.2. The fraction of sp³-hybridized carbons (Fsp3) is 0.643. The second-order valence-electron chi connectivity index (χ2n) is 5.69. The molecule has 2 aliphatic rings. The third-order valence-corrected chi connectivity index (χ3v) is 7.04. The maximum absolute atomic E-state index is 12.2. The van der Waals surface area contributed by atoms with Gasteiger partial charge in [-0.05, 0) is 43.7 Å². The number of nitrogens with one attached hydrogen (secondary N) is 1. The van der Waals surface area contributed by atoms with E-state index in [0.717, 1.165) is 17.7 Å². The van der Waals surface area contributed by atoms with Crippen LogP contribution >= 0.6 is 11.3 Å². The molecule has 20 heavy (non-hydrogen) atoms. The van der Waals surface area contributed by atoms with E-state index in [1.54, 1.807) is 11.3 Å². The molecule has 1 aromatic rings. The number of carbonyl (C=O) groups excluding carboxylic acids is 1. The van der Waals surface area contributed by atoms with Gasteiger partial charge in [0, 0.05) is 10.9 Å². The van der Waals surface area contributed by atoms with Crippen LogP contribution in [0.2, 0.25) is 0 Å². The first-order valence-electron chi connectivity index (χ1n) is 7.16. The third-order valence-electron chi connectivity index (χ3n) is 4.04. The van der Waals surface area contributed by atoms with Crippen molar-refractivity contribution < 1.29 is 13.2 Å². The second-order valence-corrected chi connectivity index (χ2v) is 9.06. The number of rotatable bonds is 2. The maximum atomic E-state index is 12.2. The van der Waals surface area contributed by atoms with Crippen molar-refractivity contribution in [2.45, 2.75) is 44.6 Å². The Hall–Kier alpha value is -0.880. The minimum Gasteiger partial charge on any atom is -0.348 e. The molecule has 1 atom stereocenters. The van der Waals surface area contributed by atoms with Gasteiger partial charge in [-0.1, -0.05) is 6.42 Å². The molecule has 0 aromatic carbocycles. The van der Waals surface area contributed by atoms with Crippen LogP contribution < -0.4 is 5.32 Å². The molecule has 3 rings (SSSR count). The van der Waals surface area contributed by atoms with Crippen LogP contribution in [0.1, 0.15) is 45.8 Å². The fourth-order valence-electron chi connectivity index (χ4n) is 2.94. The molecule has 0 spiro atoms. The Kier molecular flexibility index (Phi) is 3.86. The lowest BCUT2D eigenvalue weighted by atomic mass is 10.1. The van der Waals surface area contributed by atoms with Crippen molar-refractivity contribution in [2.75, 3.05) is 11.5 Å². The van der Waals surface area contributed by atoms with Gasteiger partial charge >= 0.3 is 0 Å². The lowest BCUT2D eigenvalue weighted by molar-refractivity contribution is 0.0945. The standard InChI is InChI=1S/C14H19NO3S2/c16-14(15-11-6-7-20(17,18)9-11)13-8-10-4-2-1-3-5-12(10)19-13/h8,11H,1-7,9H2,(H,15,16)/t11-/m0/s1. The predicted octanol–water partition coefficient (Wildman–Crippen LogP) is 1.93. The normalized spacial score (nSPS) is 24.9. The Balaban J connectivity index is 1.69. The summed E-state index contributed by atoms with van der Waals surface area (Å²) in [6.45, 7) is 0. The Morgan fingerprint density at radius 1 is 1.25 bits per heavy atom. The molecule has 2 heterocycles. The van der Waals surface area contributed by atoms with Gasteiger partial charge in [0.1, 0.15) is 0 Å². The highest BCUT2D eigenvalue weighted by Gasteiger charge is 2.29. The molecule has 6 heteroatoms. The van der Waals surface area contributed by atoms with E-state index in [1.807, 2.05) is 6.07 Å². The Morgan fingerprint density at radius 2 is 2.05 bits per heavy atom. The van der Waals surface area contributed by atoms with E-state index in [2.05, 4.69) is 5.32 Å². The summed E-state index contributed by atoms with van der Waals surface area (Å²) in [5.41, 5.74) is 1.32. The molecule has 1 aliphatic carbocycles. The van der Waals surface area contributed by atoms with Crippen LogP contribution in [0.3, 0.4) is 0 Å². The topological polar surface area (TPSA) is 63.2 Å². The van der Waals surface area contributed by atoms with Gasteiger partial charge in [0.2, 0.25) is 0 Å². The SMILES string of the molecule is O=C(N[C@H]1CCS(=O)(=O)C1)c1cc2c(s1)CCCCC2. The summed E-state index contributed by atoms with van der Waals surface area (Å²) in [4.78, 5) is 14.3. The van der Waals surface area contributed by atoms with E-state index in [-0.39, 0.29) is 23.5 Å². The van der Waals surface area contributed by atoms with E-state index in [1.165, 1.54) is 29.7 Å². The molecular weight excluding hydrogens is 294 g/mol. The number of aryl methyl sites for hydroxylation is 2. The predicted molar refractivity (Wildman–Crippen MR) is 80.1 cm³/mol. The van der Waals surface area contributed by atoms with Gasteiger partial charge in [-0.3, -0.25) is 4.79 Å². The van der Waals surface area contributed by atoms with Crippen molar-refractivity contribution in [2.24, 2.45) is 0 Å². The first-order valence-corrected chi connectivity index (χ1v) is 9.80. The van der Waals surface area contributed by atoms with Crippen LogP contribution in [0.4, 0.5) is 0 Å². The third kappa shape index (κ3) is 3.06. The molecule has 1 saturated heterocycles. The van der Waals surface area contributed by atoms with Crippen LogP contribution in [0.5, 0.6) is 0 Å². The molecule has 0 radical (unpaired) electrons. The van der Waals surface area contributed by atoms with E-state index < -0.39 is 9.84 Å². The average Bonchev–Trinajstić information content (AvgIpc) is 2.86. The van der Waals surface area contributed by atoms with E-state index in [4.69, 9.17) is 0 Å². The second kappa shape index (κ2) is 5.48. The summed E-state index contributed by atoms with van der Waals surface area (Å²) in [5, 5.41) is 2.87. The summed E-state index contributed by atoms with van der Waals surface area (Å²) in [7, 11) is -2.94. The van der Waals surface area contributed by atoms with Gasteiger partial charge in [0.15, 0.2) is 9.84 Å². The molecule has 0 bridgehead atoms. The molecule has 0 saturated carbocycles. The van der Waals surface area contributed by atoms with Crippen molar-refractivity contribution in [3.63, 3.8) is 0 Å². The van der Waals surface area contributed by atoms with Crippen molar-refractivity contribution in [1.82, 2.24) is 5.32 Å². The highest BCUT2D eigenvalue weighted by atomic mass is 32.2. The van der Waals surface area contributed by atoms with Crippen LogP contribution in [0, 0.1) is 0 Å². The number of hydrogen-bond acceptors (Lipinski definition) is 4. The van der Waals surface area contributed by atoms with E-state index in [0.29, 0.717) is 6.42 Å². The highest BCUT2D eigenvalue weighted by Crippen LogP contribution is 2.29. The first-order chi connectivity index (χ1) is 9.53. The summed E-state index contributed by atoms with van der Waals surface area (Å²) in [6.07, 6.45) is 6.35. The van der Waals surface area contributed by atoms with Gasteiger partial charge < -0.3 is 5.32 Å². The zero-order valence-electron chi connectivity index (χ0n) is 11.4. The smallest absolute Gasteiger partial charge is 0.261 e. The quantitative estimate of drug-likeness (QED) is 0.849. The van der Waals surface area contributed by atoms with Crippen LogP contribution in [0.25, 0.3) is 0 Å². The van der Waals surface area contributed by atoms with Crippen LogP contribution in [0.15, 0.2) is 6.07 Å². The summed E-state index contributed by atoms with van der Waals surface area (Å²) in [6, 6.07) is 1.79. The van der Waals surface area contributed by atoms with Crippen molar-refractivity contribution in [1.29, 1.82) is 0 Å². The Morgan fingerprint density at radius 3 is 2.80 bits per heavy atom. The molecule has 1 amide bonds. The van der Waals surface area contributed by atoms with Crippen molar-refractivity contribution >= 4 is 27.1 Å². The number of fused-ring (bicyclic) bond motifs is 1. The molecule has 0 unspecified atom stereocenters. The summed E-state index contributed by atoms with van der Waals surface area (Å²) >= 11 is 1.58. The summed E-state index contributed by atoms with van der Waals surface area (Å²) in [5.74, 6) is 0.174. The molecule has 110 valence electrons. The molecule has 4 nitrogen and oxygen atoms in total. The van der Waals surface area contributed by atoms with Crippen molar-refractivity contribution in [3.8, 4) is 0 Å².